The molecule has 0 radical (unpaired) electrons. The molecular formula is C18H13N3O2. The minimum Gasteiger partial charge on any atom is -0.258 e. The van der Waals surface area contributed by atoms with Gasteiger partial charge < -0.3 is 0 Å². The smallest absolute Gasteiger partial charge is 0.258 e. The van der Waals surface area contributed by atoms with Crippen molar-refractivity contribution in [3.63, 3.8) is 0 Å². The van der Waals surface area contributed by atoms with E-state index in [1.165, 1.54) is 17.5 Å². The van der Waals surface area contributed by atoms with Crippen LogP contribution in [-0.4, -0.2) is 14.5 Å². The van der Waals surface area contributed by atoms with Crippen molar-refractivity contribution in [2.45, 2.75) is 6.92 Å². The molecule has 23 heavy (non-hydrogen) atoms. The summed E-state index contributed by atoms with van der Waals surface area (Å²) in [6.07, 6.45) is 1.94. The number of nitrogens with zero attached hydrogens (tertiary/aromatic N) is 3. The maximum Gasteiger partial charge on any atom is 0.269 e. The first-order chi connectivity index (χ1) is 11.1. The van der Waals surface area contributed by atoms with E-state index in [9.17, 15) is 10.1 Å². The first-order valence-corrected chi connectivity index (χ1v) is 7.26. The third kappa shape index (κ3) is 2.05. The molecule has 0 N–H and O–H groups in total. The molecule has 0 atom stereocenters. The van der Waals surface area contributed by atoms with Gasteiger partial charge in [0.15, 0.2) is 0 Å². The first kappa shape index (κ1) is 13.5. The van der Waals surface area contributed by atoms with Crippen molar-refractivity contribution in [2.75, 3.05) is 0 Å². The summed E-state index contributed by atoms with van der Waals surface area (Å²) in [6, 6.07) is 16.7. The highest BCUT2D eigenvalue weighted by molar-refractivity contribution is 5.98. The van der Waals surface area contributed by atoms with E-state index < -0.39 is 4.92 Å². The van der Waals surface area contributed by atoms with Crippen LogP contribution in [0.25, 0.3) is 27.5 Å². The molecule has 2 aromatic carbocycles. The first-order valence-electron chi connectivity index (χ1n) is 7.26. The second-order valence-electron chi connectivity index (χ2n) is 5.47. The van der Waals surface area contributed by atoms with Gasteiger partial charge >= 0.3 is 0 Å². The van der Waals surface area contributed by atoms with E-state index in [2.05, 4.69) is 17.2 Å². The van der Waals surface area contributed by atoms with Crippen LogP contribution in [0.4, 0.5) is 5.69 Å². The van der Waals surface area contributed by atoms with Gasteiger partial charge in [-0.1, -0.05) is 24.3 Å². The van der Waals surface area contributed by atoms with Gasteiger partial charge in [0.25, 0.3) is 5.69 Å². The van der Waals surface area contributed by atoms with Crippen LogP contribution in [0.15, 0.2) is 60.8 Å². The van der Waals surface area contributed by atoms with Gasteiger partial charge in [0, 0.05) is 34.8 Å². The highest BCUT2D eigenvalue weighted by Gasteiger charge is 2.14. The fraction of sp³-hybridized carbons (Fsp3) is 0.0556. The summed E-state index contributed by atoms with van der Waals surface area (Å²) < 4.78 is 1.87. The van der Waals surface area contributed by atoms with Gasteiger partial charge in [-0.05, 0) is 30.5 Å². The molecule has 0 saturated heterocycles. The highest BCUT2D eigenvalue weighted by Crippen LogP contribution is 2.30. The van der Waals surface area contributed by atoms with Crippen LogP contribution in [0.2, 0.25) is 0 Å². The van der Waals surface area contributed by atoms with Crippen molar-refractivity contribution in [3.05, 3.63) is 76.5 Å². The van der Waals surface area contributed by atoms with Crippen LogP contribution in [0, 0.1) is 17.0 Å². The summed E-state index contributed by atoms with van der Waals surface area (Å²) in [5.74, 6) is 0. The Kier molecular flexibility index (Phi) is 2.87. The van der Waals surface area contributed by atoms with Crippen molar-refractivity contribution < 1.29 is 4.92 Å². The molecule has 0 amide bonds. The fourth-order valence-electron chi connectivity index (χ4n) is 2.97. The van der Waals surface area contributed by atoms with Crippen molar-refractivity contribution in [1.29, 1.82) is 0 Å². The van der Waals surface area contributed by atoms with E-state index in [1.54, 1.807) is 12.1 Å². The molecule has 0 spiro atoms. The maximum atomic E-state index is 10.8. The van der Waals surface area contributed by atoms with E-state index in [1.807, 2.05) is 35.8 Å². The largest absolute Gasteiger partial charge is 0.269 e. The number of nitro benzene ring substituents is 1. The van der Waals surface area contributed by atoms with Crippen LogP contribution < -0.4 is 0 Å². The Morgan fingerprint density at radius 2 is 1.78 bits per heavy atom. The van der Waals surface area contributed by atoms with E-state index in [0.717, 1.165) is 27.7 Å². The number of benzene rings is 2. The fourth-order valence-corrected chi connectivity index (χ4v) is 2.97. The predicted molar refractivity (Wildman–Crippen MR) is 89.5 cm³/mol. The Morgan fingerprint density at radius 1 is 1.04 bits per heavy atom. The maximum absolute atomic E-state index is 10.8. The molecular weight excluding hydrogens is 290 g/mol. The number of rotatable bonds is 2. The number of non-ortho nitro benzene ring substituents is 1. The molecule has 2 heterocycles. The lowest BCUT2D eigenvalue weighted by Crippen LogP contribution is -1.88. The molecule has 0 saturated carbocycles. The Bertz CT molecular complexity index is 1050. The average molecular weight is 303 g/mol. The van der Waals surface area contributed by atoms with Crippen LogP contribution in [0.5, 0.6) is 0 Å². The molecule has 5 heteroatoms. The normalized spacial score (nSPS) is 11.2. The SMILES string of the molecule is Cc1c(-c2ccc([N+](=O)[O-])cc2)nn2ccc3ccccc3c12. The second kappa shape index (κ2) is 4.91. The average Bonchev–Trinajstić information content (AvgIpc) is 2.92. The summed E-state index contributed by atoms with van der Waals surface area (Å²) in [5.41, 5.74) is 3.94. The van der Waals surface area contributed by atoms with Gasteiger partial charge in [0.1, 0.15) is 0 Å². The highest BCUT2D eigenvalue weighted by atomic mass is 16.6. The van der Waals surface area contributed by atoms with Crippen LogP contribution >= 0.6 is 0 Å². The van der Waals surface area contributed by atoms with Gasteiger partial charge in [-0.2, -0.15) is 5.10 Å². The topological polar surface area (TPSA) is 60.4 Å². The minimum atomic E-state index is -0.395. The zero-order valence-electron chi connectivity index (χ0n) is 12.4. The number of pyridine rings is 1. The van der Waals surface area contributed by atoms with Crippen molar-refractivity contribution in [3.8, 4) is 11.3 Å². The molecule has 2 aromatic heterocycles. The molecule has 0 unspecified atom stereocenters. The number of hydrogen-bond acceptors (Lipinski definition) is 3. The Labute approximate surface area is 131 Å². The molecule has 4 aromatic rings. The third-order valence-corrected chi connectivity index (χ3v) is 4.11. The number of nitro groups is 1. The summed E-state index contributed by atoms with van der Waals surface area (Å²) >= 11 is 0. The van der Waals surface area contributed by atoms with Crippen LogP contribution in [0.1, 0.15) is 5.56 Å². The molecule has 0 aliphatic carbocycles. The molecule has 0 bridgehead atoms. The molecule has 112 valence electrons. The zero-order chi connectivity index (χ0) is 16.0. The van der Waals surface area contributed by atoms with Gasteiger partial charge in [-0.3, -0.25) is 10.1 Å². The number of aromatic nitrogens is 2. The summed E-state index contributed by atoms with van der Waals surface area (Å²) in [7, 11) is 0. The van der Waals surface area contributed by atoms with Gasteiger partial charge in [0.2, 0.25) is 0 Å². The van der Waals surface area contributed by atoms with E-state index >= 15 is 0 Å². The third-order valence-electron chi connectivity index (χ3n) is 4.11. The second-order valence-corrected chi connectivity index (χ2v) is 5.47. The van der Waals surface area contributed by atoms with Gasteiger partial charge in [-0.15, -0.1) is 0 Å². The monoisotopic (exact) mass is 303 g/mol. The van der Waals surface area contributed by atoms with Crippen molar-refractivity contribution in [2.24, 2.45) is 0 Å². The molecule has 0 fully saturated rings. The standard InChI is InChI=1S/C18H13N3O2/c1-12-17(14-6-8-15(9-7-14)21(22)23)19-20-11-10-13-4-2-3-5-16(13)18(12)20/h2-11H,1H3. The lowest BCUT2D eigenvalue weighted by Gasteiger charge is -2.01. The Morgan fingerprint density at radius 3 is 2.52 bits per heavy atom. The van der Waals surface area contributed by atoms with Crippen LogP contribution in [0.3, 0.4) is 0 Å². The molecule has 0 aliphatic heterocycles. The zero-order valence-corrected chi connectivity index (χ0v) is 12.4. The Hall–Kier alpha value is -3.21. The molecule has 0 aliphatic rings. The lowest BCUT2D eigenvalue weighted by molar-refractivity contribution is -0.384. The lowest BCUT2D eigenvalue weighted by atomic mass is 10.0. The van der Waals surface area contributed by atoms with E-state index in [-0.39, 0.29) is 5.69 Å². The summed E-state index contributed by atoms with van der Waals surface area (Å²) in [5, 5.41) is 17.8. The van der Waals surface area contributed by atoms with Gasteiger partial charge in [0.05, 0.1) is 16.1 Å². The van der Waals surface area contributed by atoms with Gasteiger partial charge in [-0.25, -0.2) is 4.52 Å². The Balaban J connectivity index is 1.96. The number of fused-ring (bicyclic) bond motifs is 3. The number of aryl methyl sites for hydroxylation is 1. The minimum absolute atomic E-state index is 0.0839. The quantitative estimate of drug-likeness (QED) is 0.408. The van der Waals surface area contributed by atoms with Crippen molar-refractivity contribution >= 4 is 22.0 Å². The van der Waals surface area contributed by atoms with E-state index in [0.29, 0.717) is 0 Å². The molecule has 5 nitrogen and oxygen atoms in total. The number of hydrogen-bond donors (Lipinski definition) is 0. The van der Waals surface area contributed by atoms with Crippen LogP contribution in [-0.2, 0) is 0 Å². The summed E-state index contributed by atoms with van der Waals surface area (Å²) in [6.45, 7) is 2.03. The molecule has 4 rings (SSSR count). The predicted octanol–water partition coefficient (Wildman–Crippen LogP) is 4.37. The van der Waals surface area contributed by atoms with E-state index in [4.69, 9.17) is 0 Å². The van der Waals surface area contributed by atoms with Crippen molar-refractivity contribution in [1.82, 2.24) is 9.61 Å². The summed E-state index contributed by atoms with van der Waals surface area (Å²) in [4.78, 5) is 10.4.